The normalized spacial score (nSPS) is 16.5. The largest absolute Gasteiger partial charge is 0.497 e. The second-order valence-electron chi connectivity index (χ2n) is 8.46. The third-order valence-corrected chi connectivity index (χ3v) is 5.90. The van der Waals surface area contributed by atoms with Gasteiger partial charge in [0.15, 0.2) is 5.75 Å². The van der Waals surface area contributed by atoms with Crippen molar-refractivity contribution >= 4 is 29.1 Å². The van der Waals surface area contributed by atoms with Crippen LogP contribution in [0, 0.1) is 5.41 Å². The molecule has 4 rings (SSSR count). The van der Waals surface area contributed by atoms with Gasteiger partial charge in [-0.3, -0.25) is 9.69 Å². The number of hydrogen-bond donors (Lipinski definition) is 1. The third-order valence-electron chi connectivity index (χ3n) is 5.66. The fourth-order valence-electron chi connectivity index (χ4n) is 3.84. The minimum atomic E-state index is -0.786. The van der Waals surface area contributed by atoms with Crippen molar-refractivity contribution in [3.8, 4) is 17.2 Å². The van der Waals surface area contributed by atoms with E-state index in [0.29, 0.717) is 28.8 Å². The van der Waals surface area contributed by atoms with E-state index in [1.54, 1.807) is 33.1 Å². The molecule has 31 heavy (non-hydrogen) atoms. The average molecular weight is 444 g/mol. The summed E-state index contributed by atoms with van der Waals surface area (Å²) in [6.07, 6.45) is 0. The number of rotatable bonds is 4. The van der Waals surface area contributed by atoms with E-state index in [4.69, 9.17) is 26.1 Å². The first-order valence-electron chi connectivity index (χ1n) is 10.2. The van der Waals surface area contributed by atoms with Gasteiger partial charge in [0.2, 0.25) is 0 Å². The van der Waals surface area contributed by atoms with Gasteiger partial charge in [-0.1, -0.05) is 11.6 Å². The van der Waals surface area contributed by atoms with Gasteiger partial charge >= 0.3 is 5.97 Å². The zero-order valence-electron chi connectivity index (χ0n) is 17.9. The number of amidine groups is 1. The molecule has 164 valence electrons. The van der Waals surface area contributed by atoms with Crippen LogP contribution in [0.2, 0.25) is 5.02 Å². The van der Waals surface area contributed by atoms with E-state index in [1.165, 1.54) is 0 Å². The van der Waals surface area contributed by atoms with Crippen LogP contribution in [-0.2, 0) is 4.79 Å². The Kier molecular flexibility index (Phi) is 5.81. The van der Waals surface area contributed by atoms with Gasteiger partial charge in [0.1, 0.15) is 23.0 Å². The lowest BCUT2D eigenvalue weighted by Gasteiger charge is -2.39. The number of piperazine rings is 1. The van der Waals surface area contributed by atoms with E-state index in [-0.39, 0.29) is 0 Å². The molecule has 1 fully saturated rings. The SMILES string of the molecule is COc1ccc2c(c1)C(N1CCN(CC(C)(C)C(=O)O)CC1)=Nc1cc(Cl)ccc1O2. The Balaban J connectivity index is 1.64. The highest BCUT2D eigenvalue weighted by Gasteiger charge is 2.32. The molecule has 2 aliphatic rings. The standard InChI is InChI=1S/C23H26ClN3O4/c1-23(2,22(28)29)14-26-8-10-27(11-9-26)21-17-13-16(30-3)5-7-19(17)31-20-6-4-15(24)12-18(20)25-21/h4-7,12-13H,8-11,14H2,1-3H3,(H,28,29). The van der Waals surface area contributed by atoms with Crippen LogP contribution in [0.25, 0.3) is 0 Å². The van der Waals surface area contributed by atoms with Crippen LogP contribution in [0.1, 0.15) is 19.4 Å². The number of carbonyl (C=O) groups is 1. The number of carboxylic acid groups (broad SMARTS) is 1. The molecule has 0 unspecified atom stereocenters. The number of benzene rings is 2. The molecule has 0 spiro atoms. The summed E-state index contributed by atoms with van der Waals surface area (Å²) in [6.45, 7) is 6.97. The fourth-order valence-corrected chi connectivity index (χ4v) is 4.01. The molecule has 0 bridgehead atoms. The zero-order valence-corrected chi connectivity index (χ0v) is 18.6. The number of fused-ring (bicyclic) bond motifs is 2. The van der Waals surface area contributed by atoms with E-state index < -0.39 is 11.4 Å². The molecule has 2 aromatic rings. The maximum atomic E-state index is 11.5. The highest BCUT2D eigenvalue weighted by Crippen LogP contribution is 2.40. The van der Waals surface area contributed by atoms with E-state index in [1.807, 2.05) is 24.3 Å². The van der Waals surface area contributed by atoms with Crippen molar-refractivity contribution < 1.29 is 19.4 Å². The highest BCUT2D eigenvalue weighted by atomic mass is 35.5. The van der Waals surface area contributed by atoms with E-state index >= 15 is 0 Å². The van der Waals surface area contributed by atoms with E-state index in [2.05, 4.69) is 9.80 Å². The van der Waals surface area contributed by atoms with Crippen molar-refractivity contribution in [1.82, 2.24) is 9.80 Å². The molecule has 1 saturated heterocycles. The Labute approximate surface area is 186 Å². The molecule has 0 amide bonds. The summed E-state index contributed by atoms with van der Waals surface area (Å²) in [5, 5.41) is 10.0. The van der Waals surface area contributed by atoms with Crippen molar-refractivity contribution in [2.45, 2.75) is 13.8 Å². The zero-order chi connectivity index (χ0) is 22.2. The number of nitrogens with zero attached hydrogens (tertiary/aromatic N) is 3. The van der Waals surface area contributed by atoms with Gasteiger partial charge in [-0.05, 0) is 50.2 Å². The molecule has 0 atom stereocenters. The van der Waals surface area contributed by atoms with Crippen LogP contribution in [0.5, 0.6) is 17.2 Å². The number of aliphatic carboxylic acids is 1. The molecule has 0 radical (unpaired) electrons. The maximum absolute atomic E-state index is 11.5. The summed E-state index contributed by atoms with van der Waals surface area (Å²) in [7, 11) is 1.63. The predicted octanol–water partition coefficient (Wildman–Crippen LogP) is 4.26. The first kappa shape index (κ1) is 21.5. The Morgan fingerprint density at radius 3 is 2.55 bits per heavy atom. The average Bonchev–Trinajstić information content (AvgIpc) is 2.90. The summed E-state index contributed by atoms with van der Waals surface area (Å²) >= 11 is 6.22. The molecule has 2 aromatic carbocycles. The molecule has 0 aliphatic carbocycles. The number of hydrogen-bond acceptors (Lipinski definition) is 6. The number of carboxylic acids is 1. The van der Waals surface area contributed by atoms with Gasteiger partial charge in [0.25, 0.3) is 0 Å². The summed E-state index contributed by atoms with van der Waals surface area (Å²) in [4.78, 5) is 20.8. The first-order valence-corrected chi connectivity index (χ1v) is 10.6. The predicted molar refractivity (Wildman–Crippen MR) is 120 cm³/mol. The molecule has 0 saturated carbocycles. The lowest BCUT2D eigenvalue weighted by Crippen LogP contribution is -2.52. The van der Waals surface area contributed by atoms with Crippen molar-refractivity contribution in [3.05, 3.63) is 47.0 Å². The lowest BCUT2D eigenvalue weighted by atomic mass is 9.93. The van der Waals surface area contributed by atoms with Crippen LogP contribution in [-0.4, -0.2) is 66.5 Å². The van der Waals surface area contributed by atoms with Gasteiger partial charge in [0.05, 0.1) is 18.1 Å². The van der Waals surface area contributed by atoms with Gasteiger partial charge in [-0.2, -0.15) is 0 Å². The third kappa shape index (κ3) is 4.48. The van der Waals surface area contributed by atoms with E-state index in [0.717, 1.165) is 43.3 Å². The van der Waals surface area contributed by atoms with Crippen molar-refractivity contribution in [2.75, 3.05) is 39.8 Å². The quantitative estimate of drug-likeness (QED) is 0.761. The van der Waals surface area contributed by atoms with Gasteiger partial charge < -0.3 is 19.5 Å². The molecular weight excluding hydrogens is 418 g/mol. The molecule has 2 aliphatic heterocycles. The number of ether oxygens (including phenoxy) is 2. The molecule has 7 nitrogen and oxygen atoms in total. The molecular formula is C23H26ClN3O4. The van der Waals surface area contributed by atoms with Crippen molar-refractivity contribution in [2.24, 2.45) is 10.4 Å². The fraction of sp³-hybridized carbons (Fsp3) is 0.391. The minimum absolute atomic E-state index is 0.509. The van der Waals surface area contributed by atoms with Crippen LogP contribution in [0.4, 0.5) is 5.69 Å². The molecule has 2 heterocycles. The van der Waals surface area contributed by atoms with Gasteiger partial charge in [0, 0.05) is 37.7 Å². The van der Waals surface area contributed by atoms with Gasteiger partial charge in [-0.25, -0.2) is 4.99 Å². The van der Waals surface area contributed by atoms with Crippen molar-refractivity contribution in [1.29, 1.82) is 0 Å². The van der Waals surface area contributed by atoms with E-state index in [9.17, 15) is 9.90 Å². The second-order valence-corrected chi connectivity index (χ2v) is 8.90. The van der Waals surface area contributed by atoms with Gasteiger partial charge in [-0.15, -0.1) is 0 Å². The Morgan fingerprint density at radius 1 is 1.16 bits per heavy atom. The number of methoxy groups -OCH3 is 1. The number of halogens is 1. The Hall–Kier alpha value is -2.77. The second kappa shape index (κ2) is 8.40. The first-order chi connectivity index (χ1) is 14.8. The minimum Gasteiger partial charge on any atom is -0.497 e. The lowest BCUT2D eigenvalue weighted by molar-refractivity contribution is -0.148. The smallest absolute Gasteiger partial charge is 0.310 e. The Bertz CT molecular complexity index is 1030. The van der Waals surface area contributed by atoms with Crippen LogP contribution < -0.4 is 9.47 Å². The molecule has 1 N–H and O–H groups in total. The topological polar surface area (TPSA) is 74.6 Å². The van der Waals surface area contributed by atoms with Crippen LogP contribution in [0.15, 0.2) is 41.4 Å². The summed E-state index contributed by atoms with van der Waals surface area (Å²) < 4.78 is 11.6. The molecule has 0 aromatic heterocycles. The van der Waals surface area contributed by atoms with Crippen molar-refractivity contribution in [3.63, 3.8) is 0 Å². The summed E-state index contributed by atoms with van der Waals surface area (Å²) in [6, 6.07) is 11.1. The summed E-state index contributed by atoms with van der Waals surface area (Å²) in [5.74, 6) is 2.09. The summed E-state index contributed by atoms with van der Waals surface area (Å²) in [5.41, 5.74) is 0.740. The van der Waals surface area contributed by atoms with Crippen LogP contribution in [0.3, 0.4) is 0 Å². The highest BCUT2D eigenvalue weighted by molar-refractivity contribution is 6.31. The maximum Gasteiger partial charge on any atom is 0.310 e. The molecule has 8 heteroatoms. The monoisotopic (exact) mass is 443 g/mol. The van der Waals surface area contributed by atoms with Crippen LogP contribution >= 0.6 is 11.6 Å². The Morgan fingerprint density at radius 2 is 1.87 bits per heavy atom. The number of aliphatic imine (C=N–C) groups is 1.